The van der Waals surface area contributed by atoms with E-state index in [1.165, 1.54) is 141 Å². The van der Waals surface area contributed by atoms with E-state index in [2.05, 4.69) is 19.2 Å². The Labute approximate surface area is 369 Å². The Morgan fingerprint density at radius 2 is 0.934 bits per heavy atom. The van der Waals surface area contributed by atoms with Gasteiger partial charge in [-0.3, -0.25) is 14.2 Å². The highest BCUT2D eigenvalue weighted by Crippen LogP contribution is 2.38. The molecule has 0 spiro atoms. The lowest BCUT2D eigenvalue weighted by Crippen LogP contribution is -2.31. The van der Waals surface area contributed by atoms with Crippen molar-refractivity contribution in [3.05, 3.63) is 0 Å². The fourth-order valence-electron chi connectivity index (χ4n) is 6.83. The van der Waals surface area contributed by atoms with Crippen LogP contribution in [0, 0.1) is 0 Å². The molecule has 0 rings (SSSR count). The third-order valence-corrected chi connectivity index (χ3v) is 11.4. The predicted molar refractivity (Wildman–Crippen MR) is 237 cm³/mol. The molecule has 0 aliphatic rings. The molecule has 0 saturated heterocycles. The van der Waals surface area contributed by atoms with Crippen LogP contribution in [0.1, 0.15) is 219 Å². The monoisotopic (exact) mass is 893 g/mol. The SMILES string of the molecule is CCCCCCCCCCCCCCCCCC(=O)OC[C@H](COP(=O)([O-])OCCNC(=O)OCCOCC(=O)O)OC(=O)CCCCCCCCCCCCCCCCC. The molecule has 14 nitrogen and oxygen atoms in total. The Hall–Kier alpha value is -2.25. The molecule has 0 aromatic rings. The van der Waals surface area contributed by atoms with Crippen molar-refractivity contribution in [2.45, 2.75) is 225 Å². The third kappa shape index (κ3) is 45.6. The summed E-state index contributed by atoms with van der Waals surface area (Å²) in [5.41, 5.74) is 0. The molecule has 2 N–H and O–H groups in total. The first-order valence-corrected chi connectivity index (χ1v) is 25.7. The van der Waals surface area contributed by atoms with Crippen LogP contribution in [-0.2, 0) is 46.9 Å². The number of esters is 2. The summed E-state index contributed by atoms with van der Waals surface area (Å²) in [7, 11) is -4.89. The molecule has 0 radical (unpaired) electrons. The number of hydrogen-bond donors (Lipinski definition) is 2. The van der Waals surface area contributed by atoms with Crippen LogP contribution in [0.5, 0.6) is 0 Å². The highest BCUT2D eigenvalue weighted by atomic mass is 31.2. The maximum absolute atomic E-state index is 12.7. The molecule has 1 amide bonds. The Bertz CT molecular complexity index is 1100. The van der Waals surface area contributed by atoms with Crippen LogP contribution in [0.2, 0.25) is 0 Å². The van der Waals surface area contributed by atoms with E-state index >= 15 is 0 Å². The third-order valence-electron chi connectivity index (χ3n) is 10.4. The number of amides is 1. The molecule has 0 heterocycles. The van der Waals surface area contributed by atoms with Gasteiger partial charge in [0.05, 0.1) is 19.8 Å². The number of phosphoric acid groups is 1. The topological polar surface area (TPSA) is 196 Å². The van der Waals surface area contributed by atoms with Crippen molar-refractivity contribution in [2.24, 2.45) is 0 Å². The van der Waals surface area contributed by atoms with Gasteiger partial charge in [0.25, 0.3) is 7.82 Å². The van der Waals surface area contributed by atoms with Crippen LogP contribution in [0.4, 0.5) is 4.79 Å². The van der Waals surface area contributed by atoms with E-state index in [1.807, 2.05) is 0 Å². The van der Waals surface area contributed by atoms with E-state index in [4.69, 9.17) is 33.1 Å². The maximum atomic E-state index is 12.7. The number of unbranched alkanes of at least 4 members (excludes halogenated alkanes) is 28. The molecule has 360 valence electrons. The van der Waals surface area contributed by atoms with Crippen LogP contribution in [-0.4, -0.2) is 81.4 Å². The Balaban J connectivity index is 4.49. The van der Waals surface area contributed by atoms with Gasteiger partial charge in [-0.25, -0.2) is 9.59 Å². The van der Waals surface area contributed by atoms with Crippen molar-refractivity contribution in [1.82, 2.24) is 5.32 Å². The number of carboxylic acid groups (broad SMARTS) is 1. The second-order valence-corrected chi connectivity index (χ2v) is 17.7. The summed E-state index contributed by atoms with van der Waals surface area (Å²) in [6.07, 6.45) is 34.6. The van der Waals surface area contributed by atoms with E-state index in [-0.39, 0.29) is 39.2 Å². The fourth-order valence-corrected chi connectivity index (χ4v) is 7.56. The predicted octanol–water partition coefficient (Wildman–Crippen LogP) is 11.3. The number of hydrogen-bond acceptors (Lipinski definition) is 12. The largest absolute Gasteiger partial charge is 0.756 e. The molecular formula is C46H87NO13P-. The van der Waals surface area contributed by atoms with E-state index in [0.717, 1.165) is 38.5 Å². The van der Waals surface area contributed by atoms with Crippen LogP contribution < -0.4 is 10.2 Å². The van der Waals surface area contributed by atoms with Crippen molar-refractivity contribution >= 4 is 31.8 Å². The fraction of sp³-hybridized carbons (Fsp3) is 0.913. The van der Waals surface area contributed by atoms with Gasteiger partial charge < -0.3 is 43.3 Å². The first-order chi connectivity index (χ1) is 29.6. The summed E-state index contributed by atoms with van der Waals surface area (Å²) in [6, 6.07) is 0. The smallest absolute Gasteiger partial charge is 0.407 e. The molecule has 0 fully saturated rings. The molecule has 1 unspecified atom stereocenters. The number of aliphatic carboxylic acids is 1. The Morgan fingerprint density at radius 3 is 1.36 bits per heavy atom. The lowest BCUT2D eigenvalue weighted by molar-refractivity contribution is -0.228. The highest BCUT2D eigenvalue weighted by molar-refractivity contribution is 7.45. The van der Waals surface area contributed by atoms with Gasteiger partial charge in [0.1, 0.15) is 19.8 Å². The first kappa shape index (κ1) is 58.8. The van der Waals surface area contributed by atoms with E-state index in [0.29, 0.717) is 12.8 Å². The number of alkyl carbamates (subject to hydrolysis) is 1. The number of ether oxygens (including phenoxy) is 4. The quantitative estimate of drug-likeness (QED) is 0.0254. The number of carbonyl (C=O) groups excluding carboxylic acids is 3. The van der Waals surface area contributed by atoms with Crippen molar-refractivity contribution in [3.8, 4) is 0 Å². The summed E-state index contributed by atoms with van der Waals surface area (Å²) >= 11 is 0. The van der Waals surface area contributed by atoms with E-state index < -0.39 is 57.7 Å². The number of rotatable bonds is 47. The molecule has 0 saturated carbocycles. The van der Waals surface area contributed by atoms with Gasteiger partial charge in [0.2, 0.25) is 0 Å². The van der Waals surface area contributed by atoms with Crippen molar-refractivity contribution in [3.63, 3.8) is 0 Å². The van der Waals surface area contributed by atoms with Gasteiger partial charge in [-0.15, -0.1) is 0 Å². The lowest BCUT2D eigenvalue weighted by Gasteiger charge is -2.25. The average molecular weight is 893 g/mol. The summed E-state index contributed by atoms with van der Waals surface area (Å²) in [4.78, 5) is 59.8. The number of carboxylic acids is 1. The molecular weight excluding hydrogens is 805 g/mol. The Morgan fingerprint density at radius 1 is 0.525 bits per heavy atom. The van der Waals surface area contributed by atoms with Gasteiger partial charge in [-0.1, -0.05) is 194 Å². The van der Waals surface area contributed by atoms with Gasteiger partial charge in [-0.2, -0.15) is 0 Å². The molecule has 61 heavy (non-hydrogen) atoms. The summed E-state index contributed by atoms with van der Waals surface area (Å²) in [5.74, 6) is -2.14. The summed E-state index contributed by atoms with van der Waals surface area (Å²) in [5, 5.41) is 10.8. The zero-order valence-corrected chi connectivity index (χ0v) is 39.3. The lowest BCUT2D eigenvalue weighted by atomic mass is 10.0. The van der Waals surface area contributed by atoms with E-state index in [1.54, 1.807) is 0 Å². The Kier molecular flexibility index (Phi) is 42.7. The van der Waals surface area contributed by atoms with Crippen LogP contribution in [0.3, 0.4) is 0 Å². The molecule has 2 atom stereocenters. The minimum Gasteiger partial charge on any atom is -0.756 e. The van der Waals surface area contributed by atoms with Crippen molar-refractivity contribution in [2.75, 3.05) is 46.2 Å². The standard InChI is InChI=1S/C46H88NO13P/c1-3-5-7-9-11-13-15-17-19-21-23-25-27-29-31-33-44(50)57-39-42(40-59-61(53,54)58-36-35-47-46(52)56-38-37-55-41-43(48)49)60-45(51)34-32-30-28-26-24-22-20-18-16-14-12-10-8-6-4-2/h42H,3-41H2,1-2H3,(H,47,52)(H,48,49)(H,53,54)/p-1/t42-/m1/s1. The van der Waals surface area contributed by atoms with Crippen LogP contribution >= 0.6 is 7.82 Å². The van der Waals surface area contributed by atoms with Gasteiger partial charge in [0, 0.05) is 19.4 Å². The van der Waals surface area contributed by atoms with Gasteiger partial charge in [-0.05, 0) is 12.8 Å². The second kappa shape index (κ2) is 44.4. The summed E-state index contributed by atoms with van der Waals surface area (Å²) < 4.78 is 42.6. The molecule has 0 aliphatic carbocycles. The molecule has 0 aliphatic heterocycles. The maximum Gasteiger partial charge on any atom is 0.407 e. The molecule has 15 heteroatoms. The first-order valence-electron chi connectivity index (χ1n) is 24.2. The van der Waals surface area contributed by atoms with Gasteiger partial charge in [0.15, 0.2) is 6.10 Å². The summed E-state index contributed by atoms with van der Waals surface area (Å²) in [6.45, 7) is 1.97. The zero-order chi connectivity index (χ0) is 44.9. The second-order valence-electron chi connectivity index (χ2n) is 16.3. The van der Waals surface area contributed by atoms with Crippen molar-refractivity contribution in [1.29, 1.82) is 0 Å². The zero-order valence-electron chi connectivity index (χ0n) is 38.4. The van der Waals surface area contributed by atoms with Crippen LogP contribution in [0.15, 0.2) is 0 Å². The molecule has 0 aromatic carbocycles. The van der Waals surface area contributed by atoms with Crippen molar-refractivity contribution < 1.29 is 61.7 Å². The minimum absolute atomic E-state index is 0.125. The minimum atomic E-state index is -4.89. The molecule has 0 bridgehead atoms. The van der Waals surface area contributed by atoms with E-state index in [9.17, 15) is 28.6 Å². The number of phosphoric ester groups is 1. The van der Waals surface area contributed by atoms with Crippen LogP contribution in [0.25, 0.3) is 0 Å². The number of carbonyl (C=O) groups is 4. The highest BCUT2D eigenvalue weighted by Gasteiger charge is 2.21. The normalized spacial score (nSPS) is 12.8. The average Bonchev–Trinajstić information content (AvgIpc) is 3.23. The molecule has 0 aromatic heterocycles. The van der Waals surface area contributed by atoms with Gasteiger partial charge >= 0.3 is 24.0 Å². The number of nitrogens with one attached hydrogen (secondary N) is 1.